The van der Waals surface area contributed by atoms with Crippen LogP contribution < -0.4 is 9.80 Å². The predicted molar refractivity (Wildman–Crippen MR) is 341 cm³/mol. The van der Waals surface area contributed by atoms with Crippen molar-refractivity contribution in [1.29, 1.82) is 0 Å². The summed E-state index contributed by atoms with van der Waals surface area (Å²) in [5.74, 6) is 3.31. The third-order valence-electron chi connectivity index (χ3n) is 14.8. The van der Waals surface area contributed by atoms with Crippen LogP contribution in [0, 0.1) is 18.3 Å². The van der Waals surface area contributed by atoms with E-state index in [1.807, 2.05) is 31.2 Å². The van der Waals surface area contributed by atoms with Crippen molar-refractivity contribution in [3.63, 3.8) is 0 Å². The van der Waals surface area contributed by atoms with Crippen LogP contribution in [0.5, 0.6) is 0 Å². The van der Waals surface area contributed by atoms with Crippen LogP contribution in [-0.4, -0.2) is 0 Å². The van der Waals surface area contributed by atoms with Crippen molar-refractivity contribution in [2.24, 2.45) is 5.92 Å². The number of terminal acetylenes is 1. The minimum absolute atomic E-state index is 0.279. The zero-order valence-corrected chi connectivity index (χ0v) is 45.5. The Balaban J connectivity index is 1.13. The molecular formula is C77H66N2. The van der Waals surface area contributed by atoms with Crippen molar-refractivity contribution >= 4 is 39.5 Å². The van der Waals surface area contributed by atoms with Crippen LogP contribution in [0.2, 0.25) is 0 Å². The Bertz CT molecular complexity index is 3720. The number of anilines is 4. The van der Waals surface area contributed by atoms with Gasteiger partial charge in [-0.1, -0.05) is 244 Å². The minimum Gasteiger partial charge on any atom is -0.311 e. The average Bonchev–Trinajstić information content (AvgIpc) is 3.52. The summed E-state index contributed by atoms with van der Waals surface area (Å²) >= 11 is 0. The maximum Gasteiger partial charge on any atom is 0.0474 e. The van der Waals surface area contributed by atoms with E-state index in [0.29, 0.717) is 0 Å². The van der Waals surface area contributed by atoms with Crippen LogP contribution in [0.4, 0.5) is 22.7 Å². The van der Waals surface area contributed by atoms with Crippen molar-refractivity contribution in [1.82, 2.24) is 0 Å². The zero-order chi connectivity index (χ0) is 54.3. The topological polar surface area (TPSA) is 6.48 Å². The lowest BCUT2D eigenvalue weighted by molar-refractivity contribution is 0.628. The fraction of sp³-hybridized carbons (Fsp3) is 0.0909. The van der Waals surface area contributed by atoms with E-state index < -0.39 is 0 Å². The van der Waals surface area contributed by atoms with E-state index in [9.17, 15) is 0 Å². The summed E-state index contributed by atoms with van der Waals surface area (Å²) in [7, 11) is 0. The first kappa shape index (κ1) is 52.7. The van der Waals surface area contributed by atoms with Gasteiger partial charge >= 0.3 is 0 Å². The molecule has 2 aliphatic carbocycles. The Morgan fingerprint density at radius 2 is 1.11 bits per heavy atom. The molecule has 0 spiro atoms. The molecule has 8 aromatic carbocycles. The second-order valence-corrected chi connectivity index (χ2v) is 20.0. The molecule has 2 nitrogen and oxygen atoms in total. The van der Waals surface area contributed by atoms with E-state index >= 15 is 0 Å². The molecule has 10 rings (SSSR count). The molecule has 0 fully saturated rings. The molecule has 8 aromatic rings. The van der Waals surface area contributed by atoms with Crippen LogP contribution in [0.1, 0.15) is 61.8 Å². The molecule has 0 aromatic heterocycles. The monoisotopic (exact) mass is 1020 g/mol. The number of rotatable bonds is 16. The maximum atomic E-state index is 5.82. The lowest BCUT2D eigenvalue weighted by Crippen LogP contribution is -2.23. The fourth-order valence-corrected chi connectivity index (χ4v) is 10.8. The van der Waals surface area contributed by atoms with Crippen LogP contribution >= 0.6 is 0 Å². The Morgan fingerprint density at radius 1 is 0.570 bits per heavy atom. The smallest absolute Gasteiger partial charge is 0.0474 e. The SMILES string of the molecule is C#C/C=C(\C=C/C)c1ccc(N(c2ccc(-c3ccccc3)cc2)c2cc(/C(C)=C/C=C\C=C)c(C3=C/CC/C=C(N(C4=C[C@@H](C)C(c5ccccc5)C=C4)c4ccc(-c5ccccc5)cc4)/C=C\3)c(-c3ccccc3)c2)cc1. The molecule has 0 aliphatic heterocycles. The molecule has 0 bridgehead atoms. The first-order valence-electron chi connectivity index (χ1n) is 27.4. The van der Waals surface area contributed by atoms with Gasteiger partial charge in [-0.2, -0.15) is 0 Å². The van der Waals surface area contributed by atoms with E-state index in [2.05, 4.69) is 303 Å². The van der Waals surface area contributed by atoms with Gasteiger partial charge in [0.25, 0.3) is 0 Å². The number of benzene rings is 8. The number of allylic oxidation sites excluding steroid dienone is 17. The minimum atomic E-state index is 0.279. The molecule has 79 heavy (non-hydrogen) atoms. The molecule has 2 atom stereocenters. The third-order valence-corrected chi connectivity index (χ3v) is 14.8. The summed E-state index contributed by atoms with van der Waals surface area (Å²) in [4.78, 5) is 4.83. The van der Waals surface area contributed by atoms with Crippen LogP contribution in [0.15, 0.2) is 309 Å². The number of hydrogen-bond acceptors (Lipinski definition) is 2. The van der Waals surface area contributed by atoms with Gasteiger partial charge in [-0.15, -0.1) is 6.42 Å². The Morgan fingerprint density at radius 3 is 1.68 bits per heavy atom. The van der Waals surface area contributed by atoms with Gasteiger partial charge in [-0.25, -0.2) is 0 Å². The van der Waals surface area contributed by atoms with Crippen molar-refractivity contribution in [2.75, 3.05) is 9.80 Å². The Hall–Kier alpha value is -9.68. The van der Waals surface area contributed by atoms with Crippen LogP contribution in [0.25, 0.3) is 50.1 Å². The van der Waals surface area contributed by atoms with Gasteiger partial charge in [0.05, 0.1) is 0 Å². The van der Waals surface area contributed by atoms with Crippen molar-refractivity contribution in [2.45, 2.75) is 39.5 Å². The molecule has 0 radical (unpaired) electrons. The molecule has 2 aliphatic rings. The lowest BCUT2D eigenvalue weighted by atomic mass is 9.83. The molecule has 384 valence electrons. The summed E-state index contributed by atoms with van der Waals surface area (Å²) < 4.78 is 0. The number of hydrogen-bond donors (Lipinski definition) is 0. The van der Waals surface area contributed by atoms with Crippen LogP contribution in [-0.2, 0) is 0 Å². The van der Waals surface area contributed by atoms with Gasteiger partial charge in [0.15, 0.2) is 0 Å². The van der Waals surface area contributed by atoms with Crippen molar-refractivity contribution in [3.05, 3.63) is 332 Å². The Labute approximate surface area is 469 Å². The molecule has 2 heteroatoms. The highest BCUT2D eigenvalue weighted by atomic mass is 15.2. The summed E-state index contributed by atoms with van der Waals surface area (Å²) in [6.07, 6.45) is 38.3. The standard InChI is InChI=1S/C77H66N2/c1-6-9-14-27-57(4)75-55-73(79(70-47-38-62(39-48-70)59(25-7-2)26-8-3)71-49-42-64(43-50-71)61-30-17-11-18-31-61)56-76(66-34-21-13-22-35-66)77(75)67-36-23-24-37-68(51-44-67)78(69-45-40-63(41-46-69)60-28-15-10-16-29-60)72-52-53-74(58(5)54-72)65-32-19-12-20-33-65/h2,6,8-22,25-56,58,74H,1,23-24H2,3-5H3/b14-9-,26-8-,51-44-,57-27+,59-25+,67-36+,68-37-/t58-,74?/m1/s1. The van der Waals surface area contributed by atoms with Gasteiger partial charge in [-0.05, 0) is 172 Å². The van der Waals surface area contributed by atoms with Crippen molar-refractivity contribution in [3.8, 4) is 45.7 Å². The second-order valence-electron chi connectivity index (χ2n) is 20.0. The van der Waals surface area contributed by atoms with Gasteiger partial charge in [0.2, 0.25) is 0 Å². The lowest BCUT2D eigenvalue weighted by Gasteiger charge is -2.32. The van der Waals surface area contributed by atoms with E-state index in [1.165, 1.54) is 27.8 Å². The predicted octanol–water partition coefficient (Wildman–Crippen LogP) is 20.9. The molecular weight excluding hydrogens is 953 g/mol. The summed E-state index contributed by atoms with van der Waals surface area (Å²) in [6.45, 7) is 10.6. The summed E-state index contributed by atoms with van der Waals surface area (Å²) in [5, 5.41) is 0. The maximum absolute atomic E-state index is 5.82. The quantitative estimate of drug-likeness (QED) is 0.0703. The Kier molecular flexibility index (Phi) is 17.0. The highest BCUT2D eigenvalue weighted by molar-refractivity contribution is 5.96. The van der Waals surface area contributed by atoms with E-state index in [4.69, 9.17) is 6.42 Å². The first-order chi connectivity index (χ1) is 38.9. The van der Waals surface area contributed by atoms with E-state index in [-0.39, 0.29) is 11.8 Å². The normalized spacial score (nSPS) is 17.4. The molecule has 0 saturated heterocycles. The van der Waals surface area contributed by atoms with Crippen LogP contribution in [0.3, 0.4) is 0 Å². The summed E-state index contributed by atoms with van der Waals surface area (Å²) in [5.41, 5.74) is 21.5. The largest absolute Gasteiger partial charge is 0.311 e. The zero-order valence-electron chi connectivity index (χ0n) is 45.5. The van der Waals surface area contributed by atoms with Gasteiger partial charge in [0, 0.05) is 40.1 Å². The van der Waals surface area contributed by atoms with Gasteiger partial charge < -0.3 is 9.80 Å². The summed E-state index contributed by atoms with van der Waals surface area (Å²) in [6, 6.07) is 74.4. The molecule has 0 heterocycles. The third kappa shape index (κ3) is 12.3. The second kappa shape index (κ2) is 25.4. The highest BCUT2D eigenvalue weighted by Crippen LogP contribution is 2.45. The van der Waals surface area contributed by atoms with Crippen molar-refractivity contribution < 1.29 is 0 Å². The van der Waals surface area contributed by atoms with Gasteiger partial charge in [-0.3, -0.25) is 0 Å². The fourth-order valence-electron chi connectivity index (χ4n) is 10.8. The molecule has 1 unspecified atom stereocenters. The highest BCUT2D eigenvalue weighted by Gasteiger charge is 2.25. The number of nitrogens with zero attached hydrogens (tertiary/aromatic N) is 2. The van der Waals surface area contributed by atoms with E-state index in [0.717, 1.165) is 91.5 Å². The average molecular weight is 1020 g/mol. The van der Waals surface area contributed by atoms with E-state index in [1.54, 1.807) is 0 Å². The molecule has 0 N–H and O–H groups in total. The molecule has 0 saturated carbocycles. The van der Waals surface area contributed by atoms with Gasteiger partial charge in [0.1, 0.15) is 0 Å². The molecule has 0 amide bonds. The first-order valence-corrected chi connectivity index (χ1v) is 27.4.